The first-order valence-electron chi connectivity index (χ1n) is 4.97. The third kappa shape index (κ3) is 4.19. The van der Waals surface area contributed by atoms with Gasteiger partial charge in [0.2, 0.25) is 5.91 Å². The van der Waals surface area contributed by atoms with Crippen LogP contribution in [0.15, 0.2) is 12.1 Å². The lowest BCUT2D eigenvalue weighted by Gasteiger charge is -2.17. The van der Waals surface area contributed by atoms with Gasteiger partial charge >= 0.3 is 0 Å². The molecule has 7 heteroatoms. The smallest absolute Gasteiger partial charge is 0.236 e. The molecule has 0 saturated carbocycles. The van der Waals surface area contributed by atoms with E-state index in [0.29, 0.717) is 0 Å². The van der Waals surface area contributed by atoms with Crippen molar-refractivity contribution in [3.05, 3.63) is 35.1 Å². The van der Waals surface area contributed by atoms with Crippen LogP contribution in [-0.4, -0.2) is 31.4 Å². The van der Waals surface area contributed by atoms with Gasteiger partial charge in [0.15, 0.2) is 17.5 Å². The minimum atomic E-state index is -1.50. The molecule has 102 valence electrons. The highest BCUT2D eigenvalue weighted by molar-refractivity contribution is 5.85. The summed E-state index contributed by atoms with van der Waals surface area (Å²) in [5, 5.41) is 2.67. The molecule has 0 aliphatic heterocycles. The Hall–Kier alpha value is -1.27. The van der Waals surface area contributed by atoms with E-state index in [1.165, 1.54) is 11.9 Å². The molecule has 0 saturated heterocycles. The summed E-state index contributed by atoms with van der Waals surface area (Å²) in [6.07, 6.45) is 0. The zero-order valence-corrected chi connectivity index (χ0v) is 10.8. The van der Waals surface area contributed by atoms with Gasteiger partial charge in [0.05, 0.1) is 6.54 Å². The molecule has 1 amide bonds. The normalized spacial score (nSPS) is 9.83. The van der Waals surface area contributed by atoms with E-state index >= 15 is 0 Å². The fraction of sp³-hybridized carbons (Fsp3) is 0.364. The highest BCUT2D eigenvalue weighted by Crippen LogP contribution is 2.14. The number of rotatable bonds is 4. The maximum Gasteiger partial charge on any atom is 0.236 e. The van der Waals surface area contributed by atoms with Crippen LogP contribution in [0.5, 0.6) is 0 Å². The molecule has 1 aromatic carbocycles. The lowest BCUT2D eigenvalue weighted by atomic mass is 10.2. The third-order valence-electron chi connectivity index (χ3n) is 2.22. The van der Waals surface area contributed by atoms with Crippen LogP contribution in [0.1, 0.15) is 5.56 Å². The first-order valence-corrected chi connectivity index (χ1v) is 4.97. The third-order valence-corrected chi connectivity index (χ3v) is 2.22. The van der Waals surface area contributed by atoms with Gasteiger partial charge in [-0.15, -0.1) is 12.4 Å². The zero-order valence-electron chi connectivity index (χ0n) is 9.97. The van der Waals surface area contributed by atoms with Crippen molar-refractivity contribution in [1.29, 1.82) is 0 Å². The summed E-state index contributed by atoms with van der Waals surface area (Å²) in [7, 11) is 3.11. The van der Waals surface area contributed by atoms with Crippen LogP contribution in [0.3, 0.4) is 0 Å². The Balaban J connectivity index is 0.00000289. The molecular weight excluding hydrogens is 269 g/mol. The van der Waals surface area contributed by atoms with Gasteiger partial charge in [0.1, 0.15) is 0 Å². The van der Waals surface area contributed by atoms with Gasteiger partial charge in [0.25, 0.3) is 0 Å². The van der Waals surface area contributed by atoms with Crippen molar-refractivity contribution in [2.75, 3.05) is 20.6 Å². The average Bonchev–Trinajstić information content (AvgIpc) is 2.26. The molecule has 18 heavy (non-hydrogen) atoms. The molecule has 1 N–H and O–H groups in total. The number of benzene rings is 1. The van der Waals surface area contributed by atoms with Gasteiger partial charge in [-0.05, 0) is 24.7 Å². The summed E-state index contributed by atoms with van der Waals surface area (Å²) in [5.41, 5.74) is 0.202. The van der Waals surface area contributed by atoms with E-state index in [9.17, 15) is 18.0 Å². The number of nitrogens with zero attached hydrogens (tertiary/aromatic N) is 1. The van der Waals surface area contributed by atoms with Gasteiger partial charge < -0.3 is 10.2 Å². The fourth-order valence-corrected chi connectivity index (χ4v) is 1.35. The minimum Gasteiger partial charge on any atom is -0.340 e. The number of amides is 1. The minimum absolute atomic E-state index is 0. The van der Waals surface area contributed by atoms with Crippen LogP contribution in [0.25, 0.3) is 0 Å². The van der Waals surface area contributed by atoms with E-state index in [1.54, 1.807) is 7.05 Å². The quantitative estimate of drug-likeness (QED) is 0.853. The Kier molecular flexibility index (Phi) is 6.72. The van der Waals surface area contributed by atoms with Crippen LogP contribution in [0.2, 0.25) is 0 Å². The summed E-state index contributed by atoms with van der Waals surface area (Å²) in [6.45, 7) is 0.150. The van der Waals surface area contributed by atoms with Gasteiger partial charge in [-0.25, -0.2) is 13.2 Å². The van der Waals surface area contributed by atoms with Crippen LogP contribution in [0.4, 0.5) is 13.2 Å². The predicted octanol–water partition coefficient (Wildman–Crippen LogP) is 1.70. The molecule has 1 aromatic rings. The molecule has 0 unspecified atom stereocenters. The molecular formula is C11H14ClF3N2O. The molecule has 0 aromatic heterocycles. The van der Waals surface area contributed by atoms with E-state index in [4.69, 9.17) is 0 Å². The van der Waals surface area contributed by atoms with Crippen molar-refractivity contribution in [1.82, 2.24) is 10.2 Å². The van der Waals surface area contributed by atoms with Crippen LogP contribution in [-0.2, 0) is 11.3 Å². The standard InChI is InChI=1S/C11H13F3N2O.ClH/c1-15-5-10(17)16(2)6-7-3-8(12)11(14)9(13)4-7;/h3-4,15H,5-6H2,1-2H3;1H. The Labute approximate surface area is 109 Å². The summed E-state index contributed by atoms with van der Waals surface area (Å²) < 4.78 is 38.5. The molecule has 0 fully saturated rings. The van der Waals surface area contributed by atoms with Gasteiger partial charge in [-0.1, -0.05) is 0 Å². The number of likely N-dealkylation sites (N-methyl/N-ethyl adjacent to an activating group) is 2. The van der Waals surface area contributed by atoms with Crippen molar-refractivity contribution < 1.29 is 18.0 Å². The predicted molar refractivity (Wildman–Crippen MR) is 64.0 cm³/mol. The van der Waals surface area contributed by atoms with Crippen LogP contribution in [0, 0.1) is 17.5 Å². The molecule has 0 radical (unpaired) electrons. The molecule has 0 aliphatic carbocycles. The Morgan fingerprint density at radius 3 is 2.22 bits per heavy atom. The highest BCUT2D eigenvalue weighted by Gasteiger charge is 2.13. The summed E-state index contributed by atoms with van der Waals surface area (Å²) >= 11 is 0. The summed E-state index contributed by atoms with van der Waals surface area (Å²) in [5.74, 6) is -4.24. The fourth-order valence-electron chi connectivity index (χ4n) is 1.35. The van der Waals surface area contributed by atoms with Crippen molar-refractivity contribution in [3.8, 4) is 0 Å². The van der Waals surface area contributed by atoms with E-state index < -0.39 is 17.5 Å². The summed E-state index contributed by atoms with van der Waals surface area (Å²) in [4.78, 5) is 12.7. The second-order valence-electron chi connectivity index (χ2n) is 3.65. The second kappa shape index (κ2) is 7.23. The number of carbonyl (C=O) groups is 1. The largest absolute Gasteiger partial charge is 0.340 e. The number of hydrogen-bond acceptors (Lipinski definition) is 2. The topological polar surface area (TPSA) is 32.3 Å². The zero-order chi connectivity index (χ0) is 13.0. The molecule has 0 bridgehead atoms. The SMILES string of the molecule is CNCC(=O)N(C)Cc1cc(F)c(F)c(F)c1.Cl. The number of carbonyl (C=O) groups excluding carboxylic acids is 1. The maximum absolute atomic E-state index is 12.9. The first-order chi connectivity index (χ1) is 7.95. The number of nitrogens with one attached hydrogen (secondary N) is 1. The van der Waals surface area contributed by atoms with E-state index in [-0.39, 0.29) is 37.0 Å². The molecule has 0 aliphatic rings. The highest BCUT2D eigenvalue weighted by atomic mass is 35.5. The molecule has 0 atom stereocenters. The Morgan fingerprint density at radius 1 is 1.28 bits per heavy atom. The van der Waals surface area contributed by atoms with Crippen molar-refractivity contribution in [2.45, 2.75) is 6.54 Å². The lowest BCUT2D eigenvalue weighted by Crippen LogP contribution is -2.33. The van der Waals surface area contributed by atoms with Crippen molar-refractivity contribution >= 4 is 18.3 Å². The van der Waals surface area contributed by atoms with Gasteiger partial charge in [0, 0.05) is 13.6 Å². The van der Waals surface area contributed by atoms with Crippen LogP contribution < -0.4 is 5.32 Å². The number of hydrogen-bond donors (Lipinski definition) is 1. The molecule has 1 rings (SSSR count). The van der Waals surface area contributed by atoms with Crippen LogP contribution >= 0.6 is 12.4 Å². The summed E-state index contributed by atoms with van der Waals surface area (Å²) in [6, 6.07) is 1.75. The van der Waals surface area contributed by atoms with Gasteiger partial charge in [-0.3, -0.25) is 4.79 Å². The monoisotopic (exact) mass is 282 g/mol. The molecule has 0 spiro atoms. The van der Waals surface area contributed by atoms with E-state index in [2.05, 4.69) is 5.32 Å². The Bertz CT molecular complexity index is 406. The molecule has 0 heterocycles. The average molecular weight is 283 g/mol. The van der Waals surface area contributed by atoms with E-state index in [1.807, 2.05) is 0 Å². The van der Waals surface area contributed by atoms with Crippen molar-refractivity contribution in [3.63, 3.8) is 0 Å². The second-order valence-corrected chi connectivity index (χ2v) is 3.65. The maximum atomic E-state index is 12.9. The Morgan fingerprint density at radius 2 is 1.78 bits per heavy atom. The number of halogens is 4. The lowest BCUT2D eigenvalue weighted by molar-refractivity contribution is -0.129. The van der Waals surface area contributed by atoms with Crippen molar-refractivity contribution in [2.24, 2.45) is 0 Å². The van der Waals surface area contributed by atoms with E-state index in [0.717, 1.165) is 12.1 Å². The first kappa shape index (κ1) is 16.7. The van der Waals surface area contributed by atoms with Gasteiger partial charge in [-0.2, -0.15) is 0 Å². The molecule has 3 nitrogen and oxygen atoms in total.